The molecule has 0 bridgehead atoms. The van der Waals surface area contributed by atoms with E-state index in [-0.39, 0.29) is 24.2 Å². The molecule has 3 heterocycles. The van der Waals surface area contributed by atoms with Crippen LogP contribution < -0.4 is 11.1 Å². The van der Waals surface area contributed by atoms with Crippen LogP contribution in [0, 0.1) is 5.82 Å². The summed E-state index contributed by atoms with van der Waals surface area (Å²) in [6.45, 7) is 4.92. The third-order valence-corrected chi connectivity index (χ3v) is 7.38. The van der Waals surface area contributed by atoms with Gasteiger partial charge in [-0.1, -0.05) is 24.4 Å². The van der Waals surface area contributed by atoms with Gasteiger partial charge in [-0.05, 0) is 45.2 Å². The molecule has 1 saturated heterocycles. The number of aliphatic hydroxyl groups is 1. The summed E-state index contributed by atoms with van der Waals surface area (Å²) in [5.74, 6) is 0.694. The van der Waals surface area contributed by atoms with E-state index in [1.165, 1.54) is 12.3 Å². The van der Waals surface area contributed by atoms with Crippen molar-refractivity contribution in [3.63, 3.8) is 0 Å². The van der Waals surface area contributed by atoms with Crippen LogP contribution in [0.5, 0.6) is 0 Å². The van der Waals surface area contributed by atoms with Crippen LogP contribution in [0.4, 0.5) is 10.3 Å². The zero-order valence-corrected chi connectivity index (χ0v) is 20.9. The number of nitrogens with two attached hydrogens (primary N) is 1. The quantitative estimate of drug-likeness (QED) is 0.462. The number of aromatic nitrogens is 4. The van der Waals surface area contributed by atoms with Crippen molar-refractivity contribution < 1.29 is 14.2 Å². The zero-order valence-electron chi connectivity index (χ0n) is 20.1. The van der Waals surface area contributed by atoms with E-state index >= 15 is 4.39 Å². The van der Waals surface area contributed by atoms with Gasteiger partial charge in [-0.3, -0.25) is 0 Å². The second kappa shape index (κ2) is 9.61. The summed E-state index contributed by atoms with van der Waals surface area (Å²) in [6.07, 6.45) is 6.21. The van der Waals surface area contributed by atoms with Gasteiger partial charge in [-0.15, -0.1) is 0 Å². The second-order valence-corrected chi connectivity index (χ2v) is 10.5. The summed E-state index contributed by atoms with van der Waals surface area (Å²) < 4.78 is 22.8. The molecule has 35 heavy (non-hydrogen) atoms. The molecule has 1 aromatic carbocycles. The average molecular weight is 503 g/mol. The molecule has 8 nitrogen and oxygen atoms in total. The Hall–Kier alpha value is -2.33. The maximum atomic E-state index is 15.4. The topological polar surface area (TPSA) is 111 Å². The van der Waals surface area contributed by atoms with Gasteiger partial charge in [0.05, 0.1) is 41.2 Å². The Balaban J connectivity index is 1.54. The summed E-state index contributed by atoms with van der Waals surface area (Å²) in [5.41, 5.74) is 8.32. The third kappa shape index (κ3) is 4.87. The van der Waals surface area contributed by atoms with E-state index in [9.17, 15) is 5.11 Å². The predicted octanol–water partition coefficient (Wildman–Crippen LogP) is 4.24. The fraction of sp³-hybridized carbons (Fsp3) is 0.560. The molecule has 1 saturated carbocycles. The molecule has 0 amide bonds. The normalized spacial score (nSPS) is 22.3. The van der Waals surface area contributed by atoms with Crippen LogP contribution in [0.1, 0.15) is 57.8 Å². The number of halogens is 2. The van der Waals surface area contributed by atoms with Gasteiger partial charge in [0.1, 0.15) is 11.3 Å². The van der Waals surface area contributed by atoms with Gasteiger partial charge in [-0.25, -0.2) is 19.3 Å². The molecule has 3 aromatic rings. The first kappa shape index (κ1) is 24.4. The molecule has 0 radical (unpaired) electrons. The number of fused-ring (bicyclic) bond motifs is 1. The number of ether oxygens (including phenoxy) is 1. The van der Waals surface area contributed by atoms with Gasteiger partial charge in [0.2, 0.25) is 5.95 Å². The molecule has 4 N–H and O–H groups in total. The van der Waals surface area contributed by atoms with Gasteiger partial charge in [0.25, 0.3) is 0 Å². The molecule has 2 fully saturated rings. The van der Waals surface area contributed by atoms with Crippen molar-refractivity contribution in [3.8, 4) is 11.3 Å². The molecular formula is C25H32ClFN6O2. The maximum absolute atomic E-state index is 15.4. The first-order chi connectivity index (χ1) is 16.7. The first-order valence-electron chi connectivity index (χ1n) is 12.3. The molecule has 0 spiro atoms. The third-order valence-electron chi connectivity index (χ3n) is 7.11. The van der Waals surface area contributed by atoms with Crippen molar-refractivity contribution in [1.29, 1.82) is 0 Å². The van der Waals surface area contributed by atoms with Crippen LogP contribution in [0.3, 0.4) is 0 Å². The van der Waals surface area contributed by atoms with E-state index < -0.39 is 11.9 Å². The number of hydrogen-bond acceptors (Lipinski definition) is 7. The summed E-state index contributed by atoms with van der Waals surface area (Å²) in [5, 5.41) is 13.7. The molecule has 2 aliphatic rings. The zero-order chi connectivity index (χ0) is 24.7. The smallest absolute Gasteiger partial charge is 0.223 e. The number of aliphatic hydroxyl groups excluding tert-OH is 1. The number of hydrogen-bond donors (Lipinski definition) is 3. The number of imidazole rings is 1. The van der Waals surface area contributed by atoms with E-state index in [0.29, 0.717) is 52.7 Å². The Bertz CT molecular complexity index is 1230. The van der Waals surface area contributed by atoms with Crippen molar-refractivity contribution in [2.75, 3.05) is 18.5 Å². The monoisotopic (exact) mass is 502 g/mol. The van der Waals surface area contributed by atoms with Gasteiger partial charge in [0.15, 0.2) is 5.82 Å². The van der Waals surface area contributed by atoms with E-state index in [0.717, 1.165) is 31.5 Å². The van der Waals surface area contributed by atoms with Crippen LogP contribution in [0.25, 0.3) is 22.3 Å². The van der Waals surface area contributed by atoms with Crippen molar-refractivity contribution in [1.82, 2.24) is 19.5 Å². The SMILES string of the molecule is CC(C)n1c(CC2(N)CCCC2)nc2c(F)cc(-c3nc(N[C@@H]4CCOC[C@H]4O)ncc3Cl)cc21. The highest BCUT2D eigenvalue weighted by Crippen LogP contribution is 2.35. The van der Waals surface area contributed by atoms with Crippen LogP contribution in [0.2, 0.25) is 5.02 Å². The number of benzene rings is 1. The lowest BCUT2D eigenvalue weighted by Gasteiger charge is -2.28. The highest BCUT2D eigenvalue weighted by molar-refractivity contribution is 6.33. The van der Waals surface area contributed by atoms with E-state index in [2.05, 4.69) is 33.7 Å². The molecular weight excluding hydrogens is 471 g/mol. The number of nitrogens with zero attached hydrogens (tertiary/aromatic N) is 4. The van der Waals surface area contributed by atoms with Crippen molar-refractivity contribution in [3.05, 3.63) is 35.0 Å². The fourth-order valence-corrected chi connectivity index (χ4v) is 5.51. The summed E-state index contributed by atoms with van der Waals surface area (Å²) in [4.78, 5) is 13.5. The number of rotatable bonds is 6. The summed E-state index contributed by atoms with van der Waals surface area (Å²) in [6, 6.07) is 3.14. The minimum Gasteiger partial charge on any atom is -0.389 e. The standard InChI is InChI=1S/C25H32ClFN6O2/c1-14(2)33-19-10-15(9-17(27)23(19)31-21(33)11-25(28)6-3-4-7-25)22-16(26)12-29-24(32-22)30-18-5-8-35-13-20(18)34/h9-10,12,14,18,20,34H,3-8,11,13,28H2,1-2H3,(H,29,30,32)/t18-,20-/m1/s1. The van der Waals surface area contributed by atoms with Crippen molar-refractivity contribution in [2.24, 2.45) is 5.73 Å². The fourth-order valence-electron chi connectivity index (χ4n) is 5.31. The van der Waals surface area contributed by atoms with E-state index in [4.69, 9.17) is 27.1 Å². The number of nitrogens with one attached hydrogen (secondary N) is 1. The first-order valence-corrected chi connectivity index (χ1v) is 12.7. The Morgan fingerprint density at radius 3 is 2.80 bits per heavy atom. The minimum absolute atomic E-state index is 0.0720. The predicted molar refractivity (Wildman–Crippen MR) is 134 cm³/mol. The molecule has 1 aliphatic carbocycles. The minimum atomic E-state index is -0.662. The van der Waals surface area contributed by atoms with E-state index in [1.807, 2.05) is 6.07 Å². The van der Waals surface area contributed by atoms with Crippen molar-refractivity contribution in [2.45, 2.75) is 76.1 Å². The molecule has 2 aromatic heterocycles. The Morgan fingerprint density at radius 1 is 1.31 bits per heavy atom. The van der Waals surface area contributed by atoms with Crippen LogP contribution in [-0.2, 0) is 11.2 Å². The Kier molecular flexibility index (Phi) is 6.69. The summed E-state index contributed by atoms with van der Waals surface area (Å²) in [7, 11) is 0. The van der Waals surface area contributed by atoms with Crippen LogP contribution >= 0.6 is 11.6 Å². The number of anilines is 1. The highest BCUT2D eigenvalue weighted by atomic mass is 35.5. The van der Waals surface area contributed by atoms with Crippen LogP contribution in [0.15, 0.2) is 18.3 Å². The van der Waals surface area contributed by atoms with Gasteiger partial charge in [0, 0.05) is 30.2 Å². The molecule has 1 aliphatic heterocycles. The van der Waals surface area contributed by atoms with Gasteiger partial charge >= 0.3 is 0 Å². The maximum Gasteiger partial charge on any atom is 0.223 e. The van der Waals surface area contributed by atoms with Gasteiger partial charge in [-0.2, -0.15) is 0 Å². The lowest BCUT2D eigenvalue weighted by molar-refractivity contribution is -0.0136. The largest absolute Gasteiger partial charge is 0.389 e. The van der Waals surface area contributed by atoms with Crippen LogP contribution in [-0.4, -0.2) is 55.5 Å². The average Bonchev–Trinajstić information content (AvgIpc) is 3.40. The highest BCUT2D eigenvalue weighted by Gasteiger charge is 2.32. The van der Waals surface area contributed by atoms with Gasteiger partial charge < -0.3 is 25.5 Å². The lowest BCUT2D eigenvalue weighted by Crippen LogP contribution is -2.42. The second-order valence-electron chi connectivity index (χ2n) is 10.1. The molecule has 0 unspecified atom stereocenters. The molecule has 10 heteroatoms. The summed E-state index contributed by atoms with van der Waals surface area (Å²) >= 11 is 6.46. The lowest BCUT2D eigenvalue weighted by atomic mass is 9.94. The Morgan fingerprint density at radius 2 is 2.09 bits per heavy atom. The van der Waals surface area contributed by atoms with Crippen molar-refractivity contribution >= 4 is 28.6 Å². The Labute approximate surface area is 209 Å². The van der Waals surface area contributed by atoms with E-state index in [1.54, 1.807) is 0 Å². The molecule has 5 rings (SSSR count). The molecule has 188 valence electrons. The molecule has 2 atom stereocenters.